The Balaban J connectivity index is 2.37. The van der Waals surface area contributed by atoms with Gasteiger partial charge in [-0.2, -0.15) is 5.10 Å². The summed E-state index contributed by atoms with van der Waals surface area (Å²) in [5.41, 5.74) is 14.1. The fourth-order valence-corrected chi connectivity index (χ4v) is 2.04. The van der Waals surface area contributed by atoms with Crippen LogP contribution in [0, 0.1) is 0 Å². The van der Waals surface area contributed by atoms with Gasteiger partial charge in [0, 0.05) is 6.54 Å². The van der Waals surface area contributed by atoms with E-state index in [-0.39, 0.29) is 12.3 Å². The Labute approximate surface area is 152 Å². The van der Waals surface area contributed by atoms with Crippen molar-refractivity contribution in [2.45, 2.75) is 32.2 Å². The average Bonchev–Trinajstić information content (AvgIpc) is 2.61. The third-order valence-corrected chi connectivity index (χ3v) is 3.39. The zero-order valence-corrected chi connectivity index (χ0v) is 14.7. The molecule has 0 fully saturated rings. The first kappa shape index (κ1) is 21.1. The Hall–Kier alpha value is -2.94. The van der Waals surface area contributed by atoms with E-state index in [2.05, 4.69) is 15.8 Å². The maximum absolute atomic E-state index is 11.7. The molecule has 142 valence electrons. The molecule has 1 aromatic carbocycles. The smallest absolute Gasteiger partial charge is 0.335 e. The summed E-state index contributed by atoms with van der Waals surface area (Å²) in [5, 5.41) is 6.37. The minimum atomic E-state index is -0.541. The zero-order chi connectivity index (χ0) is 19.4. The van der Waals surface area contributed by atoms with Gasteiger partial charge in [0.1, 0.15) is 11.5 Å². The highest BCUT2D eigenvalue weighted by Gasteiger charge is 2.10. The second-order valence-electron chi connectivity index (χ2n) is 5.57. The Morgan fingerprint density at radius 1 is 1.31 bits per heavy atom. The molecule has 0 spiro atoms. The molecule has 6 N–H and O–H groups in total. The molecule has 9 heteroatoms. The number of nitrogens with two attached hydrogens (primary N) is 2. The number of carbonyl (C=O) groups is 3. The second kappa shape index (κ2) is 11.6. The lowest BCUT2D eigenvalue weighted by atomic mass is 10.1. The topological polar surface area (TPSA) is 149 Å². The number of amides is 3. The first-order chi connectivity index (χ1) is 12.5. The fourth-order valence-electron chi connectivity index (χ4n) is 2.04. The molecule has 0 aromatic heterocycles. The van der Waals surface area contributed by atoms with Crippen LogP contribution >= 0.6 is 0 Å². The van der Waals surface area contributed by atoms with Crippen molar-refractivity contribution in [2.24, 2.45) is 16.6 Å². The van der Waals surface area contributed by atoms with Crippen LogP contribution < -0.4 is 26.9 Å². The summed E-state index contributed by atoms with van der Waals surface area (Å²) < 4.78 is 5.16. The van der Waals surface area contributed by atoms with Crippen molar-refractivity contribution in [3.8, 4) is 5.75 Å². The quantitative estimate of drug-likeness (QED) is 0.249. The van der Waals surface area contributed by atoms with Gasteiger partial charge in [0.05, 0.1) is 6.04 Å². The Morgan fingerprint density at radius 3 is 2.58 bits per heavy atom. The van der Waals surface area contributed by atoms with Crippen molar-refractivity contribution < 1.29 is 19.1 Å². The van der Waals surface area contributed by atoms with E-state index in [1.165, 1.54) is 0 Å². The zero-order valence-electron chi connectivity index (χ0n) is 14.7. The van der Waals surface area contributed by atoms with Gasteiger partial charge in [-0.25, -0.2) is 10.2 Å². The van der Waals surface area contributed by atoms with Crippen LogP contribution in [0.5, 0.6) is 5.75 Å². The number of nitrogens with zero attached hydrogens (tertiary/aromatic N) is 1. The Kier molecular flexibility index (Phi) is 9.40. The highest BCUT2D eigenvalue weighted by atomic mass is 16.5. The fraction of sp³-hybridized carbons (Fsp3) is 0.412. The first-order valence-electron chi connectivity index (χ1n) is 8.28. The normalized spacial score (nSPS) is 12.2. The SMILES string of the molecule is CCC[C@H](N)/C(C=O)=N\NC(=O)NCCc1ccc(OCC(N)=O)cc1. The van der Waals surface area contributed by atoms with Crippen LogP contribution in [0.3, 0.4) is 0 Å². The minimum absolute atomic E-state index is 0.105. The van der Waals surface area contributed by atoms with Crippen molar-refractivity contribution in [1.29, 1.82) is 0 Å². The van der Waals surface area contributed by atoms with E-state index in [0.29, 0.717) is 31.4 Å². The van der Waals surface area contributed by atoms with Crippen LogP contribution in [-0.4, -0.2) is 43.1 Å². The summed E-state index contributed by atoms with van der Waals surface area (Å²) in [6.45, 7) is 2.14. The van der Waals surface area contributed by atoms with Crippen LogP contribution in [0.1, 0.15) is 25.3 Å². The van der Waals surface area contributed by atoms with Crippen LogP contribution in [0.15, 0.2) is 29.4 Å². The monoisotopic (exact) mass is 363 g/mol. The summed E-state index contributed by atoms with van der Waals surface area (Å²) in [4.78, 5) is 33.3. The van der Waals surface area contributed by atoms with E-state index in [4.69, 9.17) is 16.2 Å². The molecule has 0 saturated carbocycles. The number of nitrogens with one attached hydrogen (secondary N) is 2. The number of hydrogen-bond acceptors (Lipinski definition) is 6. The molecule has 0 radical (unpaired) electrons. The maximum atomic E-state index is 11.7. The van der Waals surface area contributed by atoms with E-state index in [1.807, 2.05) is 19.1 Å². The third kappa shape index (κ3) is 8.25. The molecule has 0 aliphatic carbocycles. The highest BCUT2D eigenvalue weighted by molar-refractivity contribution is 6.30. The van der Waals surface area contributed by atoms with Gasteiger partial charge in [-0.1, -0.05) is 25.5 Å². The van der Waals surface area contributed by atoms with Gasteiger partial charge >= 0.3 is 6.03 Å². The van der Waals surface area contributed by atoms with E-state index < -0.39 is 18.0 Å². The molecule has 0 heterocycles. The Bertz CT molecular complexity index is 631. The van der Waals surface area contributed by atoms with Crippen LogP contribution in [0.25, 0.3) is 0 Å². The van der Waals surface area contributed by atoms with Gasteiger partial charge in [0.25, 0.3) is 5.91 Å². The molecule has 0 aliphatic heterocycles. The lowest BCUT2D eigenvalue weighted by Crippen LogP contribution is -2.38. The molecule has 0 bridgehead atoms. The second-order valence-corrected chi connectivity index (χ2v) is 5.57. The minimum Gasteiger partial charge on any atom is -0.484 e. The molecular weight excluding hydrogens is 338 g/mol. The van der Waals surface area contributed by atoms with Crippen molar-refractivity contribution in [3.05, 3.63) is 29.8 Å². The molecule has 1 aromatic rings. The predicted octanol–water partition coefficient (Wildman–Crippen LogP) is 0.0747. The average molecular weight is 363 g/mol. The van der Waals surface area contributed by atoms with Gasteiger partial charge in [0.15, 0.2) is 12.9 Å². The number of hydrogen-bond donors (Lipinski definition) is 4. The molecule has 26 heavy (non-hydrogen) atoms. The molecule has 9 nitrogen and oxygen atoms in total. The number of hydrazone groups is 1. The first-order valence-corrected chi connectivity index (χ1v) is 8.28. The number of rotatable bonds is 11. The van der Waals surface area contributed by atoms with Gasteiger partial charge in [0.2, 0.25) is 0 Å². The van der Waals surface area contributed by atoms with Crippen molar-refractivity contribution in [1.82, 2.24) is 10.7 Å². The molecule has 0 unspecified atom stereocenters. The summed E-state index contributed by atoms with van der Waals surface area (Å²) in [5.74, 6) is -0.00210. The lowest BCUT2D eigenvalue weighted by molar-refractivity contribution is -0.120. The lowest BCUT2D eigenvalue weighted by Gasteiger charge is -2.09. The largest absolute Gasteiger partial charge is 0.484 e. The summed E-state index contributed by atoms with van der Waals surface area (Å²) in [6.07, 6.45) is 2.55. The number of urea groups is 1. The van der Waals surface area contributed by atoms with Crippen LogP contribution in [0.4, 0.5) is 4.79 Å². The molecule has 3 amide bonds. The summed E-state index contributed by atoms with van der Waals surface area (Å²) >= 11 is 0. The number of primary amides is 1. The van der Waals surface area contributed by atoms with Crippen molar-refractivity contribution >= 4 is 23.9 Å². The van der Waals surface area contributed by atoms with Crippen molar-refractivity contribution in [3.63, 3.8) is 0 Å². The van der Waals surface area contributed by atoms with Gasteiger partial charge < -0.3 is 21.5 Å². The number of carbonyl (C=O) groups excluding carboxylic acids is 3. The number of aldehydes is 1. The highest BCUT2D eigenvalue weighted by Crippen LogP contribution is 2.12. The molecular formula is C17H25N5O4. The van der Waals surface area contributed by atoms with E-state index >= 15 is 0 Å². The molecule has 0 aliphatic rings. The van der Waals surface area contributed by atoms with Crippen LogP contribution in [0.2, 0.25) is 0 Å². The maximum Gasteiger partial charge on any atom is 0.335 e. The van der Waals surface area contributed by atoms with Crippen LogP contribution in [-0.2, 0) is 16.0 Å². The molecule has 0 saturated heterocycles. The Morgan fingerprint density at radius 2 is 2.00 bits per heavy atom. The van der Waals surface area contributed by atoms with E-state index in [1.54, 1.807) is 12.1 Å². The predicted molar refractivity (Wildman–Crippen MR) is 97.8 cm³/mol. The van der Waals surface area contributed by atoms with Gasteiger partial charge in [-0.05, 0) is 30.5 Å². The third-order valence-electron chi connectivity index (χ3n) is 3.39. The molecule has 1 atom stereocenters. The van der Waals surface area contributed by atoms with Gasteiger partial charge in [-0.15, -0.1) is 0 Å². The van der Waals surface area contributed by atoms with E-state index in [9.17, 15) is 14.4 Å². The van der Waals surface area contributed by atoms with Gasteiger partial charge in [-0.3, -0.25) is 9.59 Å². The number of benzene rings is 1. The summed E-state index contributed by atoms with van der Waals surface area (Å²) in [7, 11) is 0. The molecule has 1 rings (SSSR count). The number of ether oxygens (including phenoxy) is 1. The van der Waals surface area contributed by atoms with Crippen molar-refractivity contribution in [2.75, 3.05) is 13.2 Å². The van der Waals surface area contributed by atoms with E-state index in [0.717, 1.165) is 12.0 Å². The standard InChI is InChI=1S/C17H25N5O4/c1-2-3-14(18)15(10-23)21-22-17(25)20-9-8-12-4-6-13(7-5-12)26-11-16(19)24/h4-7,10,14H,2-3,8-9,11,18H2,1H3,(H2,19,24)(H2,20,22,25)/b21-15-/t14-/m0/s1. The summed E-state index contributed by atoms with van der Waals surface area (Å²) in [6, 6.07) is 6.06.